The number of nitriles is 1. The van der Waals surface area contributed by atoms with Crippen LogP contribution < -0.4 is 5.32 Å². The molecule has 0 aliphatic rings. The summed E-state index contributed by atoms with van der Waals surface area (Å²) >= 11 is 7.96. The van der Waals surface area contributed by atoms with Crippen LogP contribution in [0.2, 0.25) is 5.02 Å². The Morgan fingerprint density at radius 3 is 2.88 bits per heavy atom. The monoisotopic (exact) mass is 405 g/mol. The average molecular weight is 406 g/mol. The quantitative estimate of drug-likeness (QED) is 0.713. The number of alkyl halides is 3. The van der Waals surface area contributed by atoms with E-state index in [2.05, 4.69) is 10.3 Å². The van der Waals surface area contributed by atoms with E-state index >= 15 is 0 Å². The van der Waals surface area contributed by atoms with Crippen molar-refractivity contribution in [2.45, 2.75) is 12.6 Å². The molecule has 2 aromatic rings. The first-order valence-corrected chi connectivity index (χ1v) is 9.19. The summed E-state index contributed by atoms with van der Waals surface area (Å²) in [5.41, 5.74) is -0.429. The van der Waals surface area contributed by atoms with Gasteiger partial charge < -0.3 is 5.32 Å². The Kier molecular flexibility index (Phi) is 6.70. The van der Waals surface area contributed by atoms with Gasteiger partial charge in [-0.15, -0.1) is 23.1 Å². The first-order valence-electron chi connectivity index (χ1n) is 6.84. The number of rotatable bonds is 6. The number of carbonyl (C=O) groups excluding carboxylic acids is 1. The second-order valence-corrected chi connectivity index (χ2v) is 7.33. The summed E-state index contributed by atoms with van der Waals surface area (Å²) in [6.07, 6.45) is -2.76. The van der Waals surface area contributed by atoms with E-state index in [9.17, 15) is 18.0 Å². The van der Waals surface area contributed by atoms with Gasteiger partial charge in [0.15, 0.2) is 5.13 Å². The molecule has 0 radical (unpaired) electrons. The molecule has 0 atom stereocenters. The molecule has 0 unspecified atom stereocenters. The first kappa shape index (κ1) is 19.6. The minimum Gasteiger partial charge on any atom is -0.301 e. The van der Waals surface area contributed by atoms with E-state index in [1.165, 1.54) is 41.4 Å². The van der Waals surface area contributed by atoms with Crippen LogP contribution in [0, 0.1) is 11.3 Å². The maximum absolute atomic E-state index is 12.9. The molecule has 0 bridgehead atoms. The fourth-order valence-corrected chi connectivity index (χ4v) is 3.43. The maximum Gasteiger partial charge on any atom is 0.417 e. The van der Waals surface area contributed by atoms with Crippen LogP contribution in [0.3, 0.4) is 0 Å². The third kappa shape index (κ3) is 5.92. The second kappa shape index (κ2) is 8.56. The number of hydrogen-bond donors (Lipinski definition) is 1. The van der Waals surface area contributed by atoms with Crippen LogP contribution in [0.4, 0.5) is 18.3 Å². The Balaban J connectivity index is 2.02. The predicted octanol–water partition coefficient (Wildman–Crippen LogP) is 4.60. The molecule has 1 heterocycles. The molecule has 1 aromatic heterocycles. The fourth-order valence-electron chi connectivity index (χ4n) is 1.89. The number of benzene rings is 1. The number of anilines is 1. The lowest BCUT2D eigenvalue weighted by Crippen LogP contribution is -2.13. The molecular weight excluding hydrogens is 395 g/mol. The predicted molar refractivity (Wildman–Crippen MR) is 92.9 cm³/mol. The molecule has 0 spiro atoms. The summed E-state index contributed by atoms with van der Waals surface area (Å²) in [6.45, 7) is 0. The van der Waals surface area contributed by atoms with Crippen molar-refractivity contribution in [3.8, 4) is 6.07 Å². The summed E-state index contributed by atoms with van der Waals surface area (Å²) in [6, 6.07) is 5.67. The van der Waals surface area contributed by atoms with Gasteiger partial charge in [-0.05, 0) is 17.7 Å². The third-order valence-electron chi connectivity index (χ3n) is 2.91. The molecule has 132 valence electrons. The number of amides is 1. The Morgan fingerprint density at radius 2 is 2.20 bits per heavy atom. The fraction of sp³-hybridized carbons (Fsp3) is 0.267. The number of carbonyl (C=O) groups is 1. The summed E-state index contributed by atoms with van der Waals surface area (Å²) in [7, 11) is 0. The maximum atomic E-state index is 12.9. The highest BCUT2D eigenvalue weighted by Gasteiger charge is 2.33. The molecule has 2 rings (SSSR count). The molecule has 1 N–H and O–H groups in total. The van der Waals surface area contributed by atoms with E-state index in [0.717, 1.165) is 6.07 Å². The van der Waals surface area contributed by atoms with E-state index in [1.807, 2.05) is 6.07 Å². The minimum atomic E-state index is -4.51. The lowest BCUT2D eigenvalue weighted by molar-refractivity contribution is -0.137. The van der Waals surface area contributed by atoms with E-state index < -0.39 is 11.7 Å². The van der Waals surface area contributed by atoms with Gasteiger partial charge in [0.25, 0.3) is 0 Å². The summed E-state index contributed by atoms with van der Waals surface area (Å²) in [4.78, 5) is 16.4. The Labute approximate surface area is 155 Å². The van der Waals surface area contributed by atoms with E-state index in [0.29, 0.717) is 15.6 Å². The van der Waals surface area contributed by atoms with Crippen molar-refractivity contribution in [1.82, 2.24) is 4.98 Å². The van der Waals surface area contributed by atoms with Gasteiger partial charge in [0.05, 0.1) is 28.2 Å². The summed E-state index contributed by atoms with van der Waals surface area (Å²) in [5, 5.41) is 11.0. The topological polar surface area (TPSA) is 65.8 Å². The Bertz CT molecular complexity index is 802. The number of aromatic nitrogens is 1. The van der Waals surface area contributed by atoms with Crippen LogP contribution in [0.1, 0.15) is 16.0 Å². The summed E-state index contributed by atoms with van der Waals surface area (Å²) in [5.74, 6) is 0.0653. The van der Waals surface area contributed by atoms with E-state index in [4.69, 9.17) is 16.9 Å². The van der Waals surface area contributed by atoms with Gasteiger partial charge in [-0.25, -0.2) is 4.98 Å². The largest absolute Gasteiger partial charge is 0.417 e. The molecule has 0 saturated heterocycles. The van der Waals surface area contributed by atoms with Crippen LogP contribution in [-0.2, 0) is 17.4 Å². The molecule has 0 saturated carbocycles. The smallest absolute Gasteiger partial charge is 0.301 e. The van der Waals surface area contributed by atoms with Gasteiger partial charge in [-0.3, -0.25) is 4.79 Å². The highest BCUT2D eigenvalue weighted by Crippen LogP contribution is 2.35. The van der Waals surface area contributed by atoms with Crippen molar-refractivity contribution in [3.05, 3.63) is 45.4 Å². The van der Waals surface area contributed by atoms with Gasteiger partial charge in [0, 0.05) is 17.5 Å². The molecule has 25 heavy (non-hydrogen) atoms. The minimum absolute atomic E-state index is 0.134. The van der Waals surface area contributed by atoms with Crippen molar-refractivity contribution < 1.29 is 18.0 Å². The SMILES string of the molecule is N#CCSCC(=O)Nc1ncc(Cc2ccc(Cl)c(C(F)(F)F)c2)s1. The van der Waals surface area contributed by atoms with Crippen molar-refractivity contribution in [2.75, 3.05) is 16.8 Å². The number of thioether (sulfide) groups is 1. The zero-order valence-corrected chi connectivity index (χ0v) is 15.0. The molecule has 10 heteroatoms. The van der Waals surface area contributed by atoms with Crippen LogP contribution in [0.5, 0.6) is 0 Å². The van der Waals surface area contributed by atoms with Gasteiger partial charge in [-0.2, -0.15) is 18.4 Å². The van der Waals surface area contributed by atoms with Crippen LogP contribution in [0.15, 0.2) is 24.4 Å². The zero-order chi connectivity index (χ0) is 18.4. The third-order valence-corrected chi connectivity index (χ3v) is 4.96. The standard InChI is InChI=1S/C15H11ClF3N3OS2/c16-12-2-1-9(6-11(12)15(17,18)19)5-10-7-21-14(25-10)22-13(23)8-24-4-3-20/h1-2,6-7H,4-5,8H2,(H,21,22,23). The molecule has 1 amide bonds. The zero-order valence-electron chi connectivity index (χ0n) is 12.6. The van der Waals surface area contributed by atoms with Crippen LogP contribution in [-0.4, -0.2) is 22.4 Å². The van der Waals surface area contributed by atoms with E-state index in [1.54, 1.807) is 0 Å². The molecule has 0 aliphatic carbocycles. The lowest BCUT2D eigenvalue weighted by atomic mass is 10.1. The number of halogens is 4. The van der Waals surface area contributed by atoms with Crippen molar-refractivity contribution in [3.63, 3.8) is 0 Å². The number of thiazole rings is 1. The molecular formula is C15H11ClF3N3OS2. The van der Waals surface area contributed by atoms with E-state index in [-0.39, 0.29) is 28.9 Å². The lowest BCUT2D eigenvalue weighted by Gasteiger charge is -2.10. The Hall–Kier alpha value is -1.76. The average Bonchev–Trinajstić information content (AvgIpc) is 2.95. The normalized spacial score (nSPS) is 11.2. The highest BCUT2D eigenvalue weighted by molar-refractivity contribution is 8.00. The van der Waals surface area contributed by atoms with Crippen LogP contribution in [0.25, 0.3) is 0 Å². The molecule has 0 fully saturated rings. The van der Waals surface area contributed by atoms with Gasteiger partial charge >= 0.3 is 6.18 Å². The highest BCUT2D eigenvalue weighted by atomic mass is 35.5. The second-order valence-electron chi connectivity index (χ2n) is 4.82. The first-order chi connectivity index (χ1) is 11.8. The molecule has 4 nitrogen and oxygen atoms in total. The van der Waals surface area contributed by atoms with Gasteiger partial charge in [0.2, 0.25) is 5.91 Å². The number of nitrogens with one attached hydrogen (secondary N) is 1. The van der Waals surface area contributed by atoms with Crippen molar-refractivity contribution >= 4 is 45.7 Å². The van der Waals surface area contributed by atoms with Gasteiger partial charge in [0.1, 0.15) is 0 Å². The Morgan fingerprint density at radius 1 is 1.44 bits per heavy atom. The number of nitrogens with zero attached hydrogens (tertiary/aromatic N) is 2. The molecule has 0 aliphatic heterocycles. The number of hydrogen-bond acceptors (Lipinski definition) is 5. The van der Waals surface area contributed by atoms with Crippen molar-refractivity contribution in [1.29, 1.82) is 5.26 Å². The van der Waals surface area contributed by atoms with Gasteiger partial charge in [-0.1, -0.05) is 17.7 Å². The molecule has 1 aromatic carbocycles. The van der Waals surface area contributed by atoms with Crippen molar-refractivity contribution in [2.24, 2.45) is 0 Å². The summed E-state index contributed by atoms with van der Waals surface area (Å²) < 4.78 is 38.6. The van der Waals surface area contributed by atoms with Crippen LogP contribution >= 0.6 is 34.7 Å².